The Morgan fingerprint density at radius 2 is 1.32 bits per heavy atom. The van der Waals surface area contributed by atoms with Crippen LogP contribution in [-0.2, 0) is 0 Å². The minimum atomic E-state index is -0.474. The number of halogens is 3. The third-order valence-corrected chi connectivity index (χ3v) is 14.4. The van der Waals surface area contributed by atoms with E-state index in [1.807, 2.05) is 152 Å². The van der Waals surface area contributed by atoms with Gasteiger partial charge in [-0.1, -0.05) is 109 Å². The SMILES string of the molecule is CC(C)N=c1cc2n(-c3ccc(Cl)cc3)c3ccccc3nc-2cc1Nc1ccc(Cl)cc1.CCN(CC)CCCC(C)Nc1c2ccc(Cl)cc2nc2ccc(OC)cc12.NC(=O)N1c2ccccc2C=Cc2ccccc21. The second kappa shape index (κ2) is 25.7. The van der Waals surface area contributed by atoms with Crippen LogP contribution in [0.4, 0.5) is 33.2 Å². The molecule has 3 heterocycles. The Balaban J connectivity index is 0.000000150. The van der Waals surface area contributed by atoms with Gasteiger partial charge in [0, 0.05) is 49.3 Å². The number of aromatic nitrogens is 3. The largest absolute Gasteiger partial charge is 0.497 e. The quantitative estimate of drug-likeness (QED) is 0.0982. The Hall–Kier alpha value is -7.93. The molecule has 1 atom stereocenters. The van der Waals surface area contributed by atoms with Gasteiger partial charge < -0.3 is 30.6 Å². The lowest BCUT2D eigenvalue weighted by atomic mass is 10.1. The number of amides is 2. The number of nitrogens with one attached hydrogen (secondary N) is 2. The number of nitrogens with zero attached hydrogens (tertiary/aromatic N) is 6. The average molecular weight is 1110 g/mol. The fourth-order valence-electron chi connectivity index (χ4n) is 9.75. The van der Waals surface area contributed by atoms with Gasteiger partial charge in [-0.25, -0.2) is 14.8 Å². The van der Waals surface area contributed by atoms with Crippen LogP contribution in [0.5, 0.6) is 5.75 Å². The molecule has 2 amide bonds. The van der Waals surface area contributed by atoms with Crippen LogP contribution in [0.3, 0.4) is 0 Å². The van der Waals surface area contributed by atoms with E-state index < -0.39 is 6.03 Å². The van der Waals surface area contributed by atoms with Gasteiger partial charge >= 0.3 is 6.03 Å². The fourth-order valence-corrected chi connectivity index (χ4v) is 10.2. The Kier molecular flexibility index (Phi) is 18.1. The molecule has 1 aliphatic carbocycles. The maximum absolute atomic E-state index is 11.8. The van der Waals surface area contributed by atoms with Crippen LogP contribution in [0.25, 0.3) is 62.1 Å². The molecule has 4 N–H and O–H groups in total. The fraction of sp³-hybridized carbons (Fsp3) is 0.200. The average Bonchev–Trinajstić information content (AvgIpc) is 3.75. The van der Waals surface area contributed by atoms with Gasteiger partial charge in [0.25, 0.3) is 0 Å². The highest BCUT2D eigenvalue weighted by molar-refractivity contribution is 6.31. The topological polar surface area (TPSA) is 126 Å². The minimum absolute atomic E-state index is 0.130. The number of anilines is 5. The first-order valence-corrected chi connectivity index (χ1v) is 27.7. The number of methoxy groups -OCH3 is 1. The van der Waals surface area contributed by atoms with E-state index in [2.05, 4.69) is 85.1 Å². The van der Waals surface area contributed by atoms with E-state index in [0.29, 0.717) is 21.1 Å². The van der Waals surface area contributed by atoms with Crippen LogP contribution in [-0.4, -0.2) is 64.3 Å². The Bertz CT molecular complexity index is 3770. The van der Waals surface area contributed by atoms with Crippen LogP contribution in [0, 0.1) is 0 Å². The first-order chi connectivity index (χ1) is 38.3. The molecule has 0 fully saturated rings. The van der Waals surface area contributed by atoms with E-state index in [9.17, 15) is 4.79 Å². The maximum Gasteiger partial charge on any atom is 0.323 e. The van der Waals surface area contributed by atoms with Crippen LogP contribution < -0.4 is 31.4 Å². The maximum atomic E-state index is 11.8. The minimum Gasteiger partial charge on any atom is -0.497 e. The summed E-state index contributed by atoms with van der Waals surface area (Å²) in [7, 11) is 1.69. The molecular formula is C65H64Cl3N9O2. The Morgan fingerprint density at radius 1 is 0.684 bits per heavy atom. The van der Waals surface area contributed by atoms with Gasteiger partial charge in [0.2, 0.25) is 0 Å². The summed E-state index contributed by atoms with van der Waals surface area (Å²) >= 11 is 18.5. The molecule has 11 rings (SSSR count). The molecule has 0 radical (unpaired) electrons. The molecule has 0 spiro atoms. The summed E-state index contributed by atoms with van der Waals surface area (Å²) in [6.07, 6.45) is 6.28. The predicted octanol–water partition coefficient (Wildman–Crippen LogP) is 16.8. The van der Waals surface area contributed by atoms with Gasteiger partial charge in [-0.2, -0.15) is 0 Å². The summed E-state index contributed by atoms with van der Waals surface area (Å²) in [5.41, 5.74) is 18.6. The van der Waals surface area contributed by atoms with Gasteiger partial charge in [0.05, 0.1) is 68.7 Å². The third kappa shape index (κ3) is 13.3. The molecule has 11 nitrogen and oxygen atoms in total. The number of carbonyl (C=O) groups excluding carboxylic acids is 1. The molecule has 3 aliphatic rings. The van der Waals surface area contributed by atoms with E-state index in [-0.39, 0.29) is 6.04 Å². The summed E-state index contributed by atoms with van der Waals surface area (Å²) in [4.78, 5) is 30.4. The number of pyridine rings is 1. The number of hydrogen-bond acceptors (Lipinski definition) is 8. The van der Waals surface area contributed by atoms with Crippen molar-refractivity contribution in [1.29, 1.82) is 0 Å². The number of primary amides is 1. The lowest BCUT2D eigenvalue weighted by molar-refractivity contribution is 0.256. The van der Waals surface area contributed by atoms with Crippen molar-refractivity contribution < 1.29 is 9.53 Å². The Labute approximate surface area is 477 Å². The van der Waals surface area contributed by atoms with Gasteiger partial charge in [0.1, 0.15) is 5.75 Å². The standard InChI is InChI=1S/C27H22Cl2N4.C23H30ClN3O.C15H12N2O/c1-17(2)30-24-16-27-25(15-23(24)31-20-11-7-18(28)8-12-20)32-22-5-3-4-6-26(22)33(27)21-13-9-19(29)10-14-21;1-5-27(6-2)13-7-8-16(3)25-23-19-11-9-17(24)14-22(19)26-21-12-10-18(28-4)15-20(21)23;16-15(18)17-13-7-3-1-5-11(13)9-10-12-6-2-4-8-14(12)17/h3-17,31H,1-2H3;9-12,14-16H,5-8,13H2,1-4H3,(H,25,26);1-10H,(H2,16,18). The molecule has 0 bridgehead atoms. The van der Waals surface area contributed by atoms with Crippen molar-refractivity contribution in [2.45, 2.75) is 59.5 Å². The highest BCUT2D eigenvalue weighted by Crippen LogP contribution is 2.38. The normalized spacial score (nSPS) is 12.4. The molecule has 1 aromatic heterocycles. The lowest BCUT2D eigenvalue weighted by Gasteiger charge is -2.22. The molecule has 1 unspecified atom stereocenters. The van der Waals surface area contributed by atoms with Gasteiger partial charge in [-0.05, 0) is 186 Å². The molecular weight excluding hydrogens is 1050 g/mol. The van der Waals surface area contributed by atoms with Gasteiger partial charge in [0.15, 0.2) is 0 Å². The second-order valence-electron chi connectivity index (χ2n) is 19.5. The summed E-state index contributed by atoms with van der Waals surface area (Å²) in [5.74, 6) is 0.833. The Morgan fingerprint density at radius 3 is 1.96 bits per heavy atom. The molecule has 7 aromatic carbocycles. The lowest BCUT2D eigenvalue weighted by Crippen LogP contribution is -2.32. The zero-order valence-electron chi connectivity index (χ0n) is 45.2. The summed E-state index contributed by atoms with van der Waals surface area (Å²) in [6.45, 7) is 14.2. The smallest absolute Gasteiger partial charge is 0.323 e. The molecule has 79 heavy (non-hydrogen) atoms. The summed E-state index contributed by atoms with van der Waals surface area (Å²) in [6, 6.07) is 55.1. The number of benzene rings is 8. The number of hydrogen-bond donors (Lipinski definition) is 3. The van der Waals surface area contributed by atoms with E-state index in [1.54, 1.807) is 12.0 Å². The molecule has 8 aromatic rings. The molecule has 0 saturated heterocycles. The number of fused-ring (bicyclic) bond motifs is 6. The van der Waals surface area contributed by atoms with E-state index in [0.717, 1.165) is 127 Å². The number of carbonyl (C=O) groups is 1. The zero-order valence-corrected chi connectivity index (χ0v) is 47.5. The second-order valence-corrected chi connectivity index (χ2v) is 20.8. The molecule has 402 valence electrons. The van der Waals surface area contributed by atoms with Crippen molar-refractivity contribution in [2.24, 2.45) is 10.7 Å². The van der Waals surface area contributed by atoms with Crippen molar-refractivity contribution in [3.05, 3.63) is 201 Å². The number of para-hydroxylation sites is 4. The van der Waals surface area contributed by atoms with Crippen LogP contribution in [0.15, 0.2) is 175 Å². The van der Waals surface area contributed by atoms with Crippen LogP contribution in [0.1, 0.15) is 58.6 Å². The predicted molar refractivity (Wildman–Crippen MR) is 333 cm³/mol. The summed E-state index contributed by atoms with van der Waals surface area (Å²) < 4.78 is 7.65. The molecule has 14 heteroatoms. The highest BCUT2D eigenvalue weighted by Gasteiger charge is 2.22. The van der Waals surface area contributed by atoms with E-state index in [4.69, 9.17) is 60.2 Å². The number of nitrogens with two attached hydrogens (primary N) is 1. The van der Waals surface area contributed by atoms with Crippen molar-refractivity contribution >= 4 is 114 Å². The highest BCUT2D eigenvalue weighted by atomic mass is 35.5. The van der Waals surface area contributed by atoms with Crippen molar-refractivity contribution in [3.8, 4) is 22.8 Å². The van der Waals surface area contributed by atoms with Gasteiger partial charge in [-0.3, -0.25) is 9.89 Å². The monoisotopic (exact) mass is 1110 g/mol. The van der Waals surface area contributed by atoms with E-state index in [1.165, 1.54) is 6.42 Å². The van der Waals surface area contributed by atoms with Crippen LogP contribution >= 0.6 is 34.8 Å². The summed E-state index contributed by atoms with van der Waals surface area (Å²) in [5, 5.41) is 12.4. The third-order valence-electron chi connectivity index (χ3n) is 13.7. The molecule has 2 aliphatic heterocycles. The van der Waals surface area contributed by atoms with Crippen molar-refractivity contribution in [3.63, 3.8) is 0 Å². The number of urea groups is 1. The van der Waals surface area contributed by atoms with Gasteiger partial charge in [-0.15, -0.1) is 0 Å². The van der Waals surface area contributed by atoms with Crippen molar-refractivity contribution in [1.82, 2.24) is 19.4 Å². The molecule has 0 saturated carbocycles. The van der Waals surface area contributed by atoms with Crippen molar-refractivity contribution in [2.75, 3.05) is 42.3 Å². The first-order valence-electron chi connectivity index (χ1n) is 26.6. The van der Waals surface area contributed by atoms with E-state index >= 15 is 0 Å². The zero-order chi connectivity index (χ0) is 55.6. The first kappa shape index (κ1) is 55.8. The van der Waals surface area contributed by atoms with Crippen LogP contribution in [0.2, 0.25) is 15.1 Å². The number of rotatable bonds is 13. The number of ether oxygens (including phenoxy) is 1.